The maximum atomic E-state index is 11.1. The van der Waals surface area contributed by atoms with E-state index in [2.05, 4.69) is 45.6 Å². The molecule has 1 saturated heterocycles. The number of rotatable bonds is 3. The van der Waals surface area contributed by atoms with Crippen molar-refractivity contribution in [1.29, 1.82) is 0 Å². The van der Waals surface area contributed by atoms with Gasteiger partial charge in [-0.15, -0.1) is 0 Å². The minimum atomic E-state index is -3.61. The summed E-state index contributed by atoms with van der Waals surface area (Å²) in [6, 6.07) is 4.21. The molecule has 1 saturated carbocycles. The lowest BCUT2D eigenvalue weighted by molar-refractivity contribution is 0.0586. The third-order valence-electron chi connectivity index (χ3n) is 5.27. The van der Waals surface area contributed by atoms with Crippen molar-refractivity contribution in [2.24, 2.45) is 10.6 Å². The summed E-state index contributed by atoms with van der Waals surface area (Å²) in [6.45, 7) is 5.98. The van der Waals surface area contributed by atoms with Gasteiger partial charge < -0.3 is 4.90 Å². The summed E-state index contributed by atoms with van der Waals surface area (Å²) < 4.78 is 24.6. The first-order valence-corrected chi connectivity index (χ1v) is 9.56. The normalized spacial score (nSPS) is 20.2. The van der Waals surface area contributed by atoms with E-state index in [9.17, 15) is 8.42 Å². The minimum absolute atomic E-state index is 0.0332. The number of aryl methyl sites for hydroxylation is 2. The van der Waals surface area contributed by atoms with Crippen molar-refractivity contribution in [3.8, 4) is 0 Å². The van der Waals surface area contributed by atoms with Gasteiger partial charge in [-0.25, -0.2) is 15.1 Å². The van der Waals surface area contributed by atoms with E-state index in [0.717, 1.165) is 42.7 Å². The molecule has 4 rings (SSSR count). The lowest BCUT2D eigenvalue weighted by Crippen LogP contribution is -2.67. The molecule has 3 N–H and O–H groups in total. The Labute approximate surface area is 141 Å². The quantitative estimate of drug-likeness (QED) is 0.863. The Balaban J connectivity index is 1.50. The van der Waals surface area contributed by atoms with Crippen LogP contribution in [0.2, 0.25) is 0 Å². The van der Waals surface area contributed by atoms with Crippen LogP contribution in [-0.2, 0) is 10.2 Å². The van der Waals surface area contributed by atoms with Crippen LogP contribution in [0.3, 0.4) is 0 Å². The standard InChI is InChI=1S/C16H21N5O2S/c1-10-3-13-14(4-11(10)2)18-9-19-15(13)21-7-16(8-21)5-12(6-16)20-24(17,22)23/h3-4,9,12,20H,5-8H2,1-2H3,(H2,17,22,23). The molecule has 0 atom stereocenters. The third kappa shape index (κ3) is 2.64. The zero-order valence-corrected chi connectivity index (χ0v) is 14.6. The second kappa shape index (κ2) is 5.11. The van der Waals surface area contributed by atoms with E-state index in [1.54, 1.807) is 6.33 Å². The van der Waals surface area contributed by atoms with Gasteiger partial charge in [0.15, 0.2) is 0 Å². The second-order valence-corrected chi connectivity index (χ2v) is 8.60. The minimum Gasteiger partial charge on any atom is -0.355 e. The van der Waals surface area contributed by atoms with Crippen LogP contribution in [0, 0.1) is 19.3 Å². The third-order valence-corrected chi connectivity index (χ3v) is 5.93. The number of hydrogen-bond donors (Lipinski definition) is 2. The molecule has 1 aromatic heterocycles. The van der Waals surface area contributed by atoms with Gasteiger partial charge in [0, 0.05) is 29.9 Å². The Morgan fingerprint density at radius 3 is 2.54 bits per heavy atom. The molecule has 1 spiro atoms. The molecule has 1 aliphatic heterocycles. The van der Waals surface area contributed by atoms with Gasteiger partial charge in [0.25, 0.3) is 10.2 Å². The molecule has 128 valence electrons. The van der Waals surface area contributed by atoms with Crippen molar-refractivity contribution < 1.29 is 8.42 Å². The number of fused-ring (bicyclic) bond motifs is 1. The summed E-state index contributed by atoms with van der Waals surface area (Å²) in [5, 5.41) is 6.11. The van der Waals surface area contributed by atoms with Crippen LogP contribution in [0.15, 0.2) is 18.5 Å². The molecule has 7 nitrogen and oxygen atoms in total. The number of nitrogens with two attached hydrogens (primary N) is 1. The SMILES string of the molecule is Cc1cc2ncnc(N3CC4(CC(NS(N)(=O)=O)C4)C3)c2cc1C. The molecule has 2 aliphatic rings. The first kappa shape index (κ1) is 15.7. The summed E-state index contributed by atoms with van der Waals surface area (Å²) in [4.78, 5) is 11.1. The van der Waals surface area contributed by atoms with Gasteiger partial charge in [-0.2, -0.15) is 13.1 Å². The number of anilines is 1. The van der Waals surface area contributed by atoms with Crippen LogP contribution in [-0.4, -0.2) is 37.5 Å². The lowest BCUT2D eigenvalue weighted by Gasteiger charge is -2.59. The highest BCUT2D eigenvalue weighted by Crippen LogP contribution is 2.50. The fourth-order valence-corrected chi connectivity index (χ4v) is 4.66. The largest absolute Gasteiger partial charge is 0.355 e. The first-order valence-electron chi connectivity index (χ1n) is 8.02. The van der Waals surface area contributed by atoms with E-state index in [1.165, 1.54) is 11.1 Å². The van der Waals surface area contributed by atoms with E-state index < -0.39 is 10.2 Å². The molecule has 2 fully saturated rings. The van der Waals surface area contributed by atoms with Gasteiger partial charge in [-0.05, 0) is 49.9 Å². The predicted molar refractivity (Wildman–Crippen MR) is 92.9 cm³/mol. The molecule has 0 radical (unpaired) electrons. The maximum absolute atomic E-state index is 11.1. The summed E-state index contributed by atoms with van der Waals surface area (Å²) in [5.41, 5.74) is 3.61. The molecular formula is C16H21N5O2S. The molecule has 1 aliphatic carbocycles. The molecule has 0 unspecified atom stereocenters. The number of benzene rings is 1. The molecule has 8 heteroatoms. The fourth-order valence-electron chi connectivity index (χ4n) is 4.03. The number of nitrogens with one attached hydrogen (secondary N) is 1. The molecule has 24 heavy (non-hydrogen) atoms. The van der Waals surface area contributed by atoms with E-state index in [0.29, 0.717) is 0 Å². The average molecular weight is 347 g/mol. The van der Waals surface area contributed by atoms with E-state index in [1.807, 2.05) is 0 Å². The topological polar surface area (TPSA) is 101 Å². The van der Waals surface area contributed by atoms with Crippen LogP contribution in [0.4, 0.5) is 5.82 Å². The molecule has 2 aromatic rings. The maximum Gasteiger partial charge on any atom is 0.274 e. The molecule has 0 amide bonds. The number of hydrogen-bond acceptors (Lipinski definition) is 5. The van der Waals surface area contributed by atoms with E-state index in [-0.39, 0.29) is 11.5 Å². The van der Waals surface area contributed by atoms with Crippen LogP contribution < -0.4 is 14.8 Å². The highest BCUT2D eigenvalue weighted by Gasteiger charge is 2.53. The predicted octanol–water partition coefficient (Wildman–Crippen LogP) is 1.01. The zero-order chi connectivity index (χ0) is 17.1. The Morgan fingerprint density at radius 1 is 1.21 bits per heavy atom. The lowest BCUT2D eigenvalue weighted by atomic mass is 9.61. The van der Waals surface area contributed by atoms with E-state index in [4.69, 9.17) is 5.14 Å². The van der Waals surface area contributed by atoms with E-state index >= 15 is 0 Å². The monoisotopic (exact) mass is 347 g/mol. The van der Waals surface area contributed by atoms with Gasteiger partial charge in [-0.3, -0.25) is 0 Å². The number of aromatic nitrogens is 2. The Morgan fingerprint density at radius 2 is 1.88 bits per heavy atom. The summed E-state index contributed by atoms with van der Waals surface area (Å²) >= 11 is 0. The van der Waals surface area contributed by atoms with Crippen LogP contribution in [0.5, 0.6) is 0 Å². The van der Waals surface area contributed by atoms with Crippen molar-refractivity contribution >= 4 is 26.9 Å². The van der Waals surface area contributed by atoms with Crippen LogP contribution >= 0.6 is 0 Å². The summed E-state index contributed by atoms with van der Waals surface area (Å²) in [7, 11) is -3.61. The van der Waals surface area contributed by atoms with Crippen molar-refractivity contribution in [2.45, 2.75) is 32.7 Å². The Kier molecular flexibility index (Phi) is 3.35. The molecular weight excluding hydrogens is 326 g/mol. The highest BCUT2D eigenvalue weighted by molar-refractivity contribution is 7.87. The molecule has 1 aromatic carbocycles. The molecule has 2 heterocycles. The second-order valence-electron chi connectivity index (χ2n) is 7.27. The van der Waals surface area contributed by atoms with Crippen molar-refractivity contribution in [3.05, 3.63) is 29.6 Å². The van der Waals surface area contributed by atoms with Crippen LogP contribution in [0.1, 0.15) is 24.0 Å². The summed E-state index contributed by atoms with van der Waals surface area (Å²) in [5.74, 6) is 0.969. The summed E-state index contributed by atoms with van der Waals surface area (Å²) in [6.07, 6.45) is 3.28. The average Bonchev–Trinajstić information content (AvgIpc) is 2.40. The highest BCUT2D eigenvalue weighted by atomic mass is 32.2. The van der Waals surface area contributed by atoms with Gasteiger partial charge in [0.2, 0.25) is 0 Å². The Bertz CT molecular complexity index is 913. The fraction of sp³-hybridized carbons (Fsp3) is 0.500. The molecule has 0 bridgehead atoms. The first-order chi connectivity index (χ1) is 11.2. The van der Waals surface area contributed by atoms with Gasteiger partial charge in [0.1, 0.15) is 12.1 Å². The van der Waals surface area contributed by atoms with Gasteiger partial charge in [0.05, 0.1) is 5.52 Å². The van der Waals surface area contributed by atoms with Gasteiger partial charge >= 0.3 is 0 Å². The van der Waals surface area contributed by atoms with Crippen molar-refractivity contribution in [3.63, 3.8) is 0 Å². The van der Waals surface area contributed by atoms with Crippen molar-refractivity contribution in [2.75, 3.05) is 18.0 Å². The Hall–Kier alpha value is -1.77. The number of nitrogens with zero attached hydrogens (tertiary/aromatic N) is 3. The van der Waals surface area contributed by atoms with Crippen molar-refractivity contribution in [1.82, 2.24) is 14.7 Å². The van der Waals surface area contributed by atoms with Gasteiger partial charge in [-0.1, -0.05) is 0 Å². The zero-order valence-electron chi connectivity index (χ0n) is 13.8. The smallest absolute Gasteiger partial charge is 0.274 e. The van der Waals surface area contributed by atoms with Crippen LogP contribution in [0.25, 0.3) is 10.9 Å².